The van der Waals surface area contributed by atoms with Crippen LogP contribution in [0.25, 0.3) is 10.9 Å². The molecular formula is C17H15FN2O2. The average molecular weight is 298 g/mol. The zero-order chi connectivity index (χ0) is 15.7. The van der Waals surface area contributed by atoms with E-state index in [2.05, 4.69) is 9.97 Å². The van der Waals surface area contributed by atoms with Crippen LogP contribution >= 0.6 is 0 Å². The Morgan fingerprint density at radius 1 is 1.09 bits per heavy atom. The highest BCUT2D eigenvalue weighted by Gasteiger charge is 2.30. The molecule has 0 fully saturated rings. The minimum absolute atomic E-state index is 0.228. The first kappa shape index (κ1) is 14.4. The summed E-state index contributed by atoms with van der Waals surface area (Å²) in [6, 6.07) is 11.5. The van der Waals surface area contributed by atoms with E-state index in [-0.39, 0.29) is 11.1 Å². The molecule has 0 amide bonds. The van der Waals surface area contributed by atoms with Crippen LogP contribution in [0.15, 0.2) is 48.8 Å². The Bertz CT molecular complexity index is 811. The number of methoxy groups -OCH3 is 1. The number of fused-ring (bicyclic) bond motifs is 1. The molecule has 0 aliphatic carbocycles. The number of aliphatic hydroxyl groups is 1. The van der Waals surface area contributed by atoms with Crippen molar-refractivity contribution in [3.8, 4) is 5.75 Å². The molecule has 1 atom stereocenters. The number of halogens is 1. The Kier molecular flexibility index (Phi) is 3.50. The van der Waals surface area contributed by atoms with Crippen LogP contribution < -0.4 is 4.74 Å². The van der Waals surface area contributed by atoms with Crippen LogP contribution in [0.3, 0.4) is 0 Å². The molecule has 5 heteroatoms. The first-order valence-electron chi connectivity index (χ1n) is 6.80. The van der Waals surface area contributed by atoms with Gasteiger partial charge in [0.15, 0.2) is 0 Å². The molecule has 0 saturated heterocycles. The van der Waals surface area contributed by atoms with Crippen LogP contribution in [0.4, 0.5) is 4.39 Å². The number of rotatable bonds is 3. The van der Waals surface area contributed by atoms with Crippen molar-refractivity contribution in [2.75, 3.05) is 7.11 Å². The summed E-state index contributed by atoms with van der Waals surface area (Å²) < 4.78 is 19.3. The molecule has 0 spiro atoms. The van der Waals surface area contributed by atoms with Crippen LogP contribution in [0, 0.1) is 5.82 Å². The molecule has 3 rings (SSSR count). The Labute approximate surface area is 127 Å². The van der Waals surface area contributed by atoms with E-state index in [9.17, 15) is 9.50 Å². The highest BCUT2D eigenvalue weighted by Crippen LogP contribution is 2.33. The smallest absolute Gasteiger partial charge is 0.134 e. The summed E-state index contributed by atoms with van der Waals surface area (Å²) in [5.74, 6) is 0.222. The van der Waals surface area contributed by atoms with Gasteiger partial charge < -0.3 is 9.84 Å². The fourth-order valence-electron chi connectivity index (χ4n) is 2.49. The Balaban J connectivity index is 2.20. The van der Waals surface area contributed by atoms with E-state index >= 15 is 0 Å². The zero-order valence-corrected chi connectivity index (χ0v) is 12.2. The van der Waals surface area contributed by atoms with Gasteiger partial charge in [0.05, 0.1) is 23.7 Å². The molecule has 1 N–H and O–H groups in total. The lowest BCUT2D eigenvalue weighted by molar-refractivity contribution is 0.0987. The fourth-order valence-corrected chi connectivity index (χ4v) is 2.49. The normalized spacial score (nSPS) is 13.8. The molecule has 0 radical (unpaired) electrons. The van der Waals surface area contributed by atoms with E-state index in [4.69, 9.17) is 4.74 Å². The Morgan fingerprint density at radius 2 is 1.82 bits per heavy atom. The predicted molar refractivity (Wildman–Crippen MR) is 81.2 cm³/mol. The van der Waals surface area contributed by atoms with E-state index in [1.165, 1.54) is 12.4 Å². The molecule has 1 unspecified atom stereocenters. The summed E-state index contributed by atoms with van der Waals surface area (Å²) >= 11 is 0. The first-order valence-corrected chi connectivity index (χ1v) is 6.80. The molecule has 1 heterocycles. The first-order chi connectivity index (χ1) is 10.5. The molecule has 22 heavy (non-hydrogen) atoms. The summed E-state index contributed by atoms with van der Waals surface area (Å²) in [6.45, 7) is 1.59. The highest BCUT2D eigenvalue weighted by molar-refractivity contribution is 5.82. The van der Waals surface area contributed by atoms with E-state index in [1.807, 2.05) is 0 Å². The van der Waals surface area contributed by atoms with Gasteiger partial charge in [-0.05, 0) is 36.8 Å². The second kappa shape index (κ2) is 5.35. The van der Waals surface area contributed by atoms with Crippen molar-refractivity contribution in [2.24, 2.45) is 0 Å². The molecule has 0 aliphatic rings. The van der Waals surface area contributed by atoms with Crippen LogP contribution in [0.1, 0.15) is 18.2 Å². The quantitative estimate of drug-likeness (QED) is 0.807. The van der Waals surface area contributed by atoms with Gasteiger partial charge >= 0.3 is 0 Å². The number of benzene rings is 2. The Morgan fingerprint density at radius 3 is 2.50 bits per heavy atom. The van der Waals surface area contributed by atoms with Crippen LogP contribution in [-0.2, 0) is 5.60 Å². The van der Waals surface area contributed by atoms with Gasteiger partial charge in [-0.2, -0.15) is 0 Å². The number of nitrogens with zero attached hydrogens (tertiary/aromatic N) is 2. The third-order valence-electron chi connectivity index (χ3n) is 3.73. The van der Waals surface area contributed by atoms with E-state index in [0.717, 1.165) is 0 Å². The monoisotopic (exact) mass is 298 g/mol. The van der Waals surface area contributed by atoms with Gasteiger partial charge in [-0.25, -0.2) is 14.4 Å². The molecule has 4 nitrogen and oxygen atoms in total. The number of hydrogen-bond acceptors (Lipinski definition) is 4. The van der Waals surface area contributed by atoms with Gasteiger partial charge in [-0.1, -0.05) is 18.2 Å². The van der Waals surface area contributed by atoms with E-state index < -0.39 is 11.4 Å². The second-order valence-corrected chi connectivity index (χ2v) is 5.16. The van der Waals surface area contributed by atoms with Crippen LogP contribution in [0.5, 0.6) is 5.75 Å². The summed E-state index contributed by atoms with van der Waals surface area (Å²) in [5, 5.41) is 11.2. The largest absolute Gasteiger partial charge is 0.497 e. The van der Waals surface area contributed by atoms with Crippen LogP contribution in [-0.4, -0.2) is 22.2 Å². The van der Waals surface area contributed by atoms with E-state index in [0.29, 0.717) is 16.8 Å². The van der Waals surface area contributed by atoms with Gasteiger partial charge in [-0.3, -0.25) is 0 Å². The minimum atomic E-state index is -1.45. The van der Waals surface area contributed by atoms with E-state index in [1.54, 1.807) is 50.4 Å². The van der Waals surface area contributed by atoms with Gasteiger partial charge in [0, 0.05) is 0 Å². The fraction of sp³-hybridized carbons (Fsp3) is 0.176. The lowest BCUT2D eigenvalue weighted by Gasteiger charge is -2.24. The maximum Gasteiger partial charge on any atom is 0.134 e. The van der Waals surface area contributed by atoms with Crippen molar-refractivity contribution >= 4 is 10.9 Å². The van der Waals surface area contributed by atoms with Gasteiger partial charge in [0.2, 0.25) is 0 Å². The predicted octanol–water partition coefficient (Wildman–Crippen LogP) is 3.03. The lowest BCUT2D eigenvalue weighted by Crippen LogP contribution is -2.25. The molecular weight excluding hydrogens is 283 g/mol. The summed E-state index contributed by atoms with van der Waals surface area (Å²) in [4.78, 5) is 8.18. The summed E-state index contributed by atoms with van der Waals surface area (Å²) in [7, 11) is 1.57. The summed E-state index contributed by atoms with van der Waals surface area (Å²) in [5.41, 5.74) is -0.161. The second-order valence-electron chi connectivity index (χ2n) is 5.16. The maximum absolute atomic E-state index is 14.2. The van der Waals surface area contributed by atoms with Crippen molar-refractivity contribution in [3.05, 3.63) is 65.9 Å². The van der Waals surface area contributed by atoms with Gasteiger partial charge in [-0.15, -0.1) is 0 Å². The molecule has 112 valence electrons. The topological polar surface area (TPSA) is 55.2 Å². The van der Waals surface area contributed by atoms with Crippen molar-refractivity contribution in [1.82, 2.24) is 9.97 Å². The number of hydrogen-bond donors (Lipinski definition) is 1. The summed E-state index contributed by atoms with van der Waals surface area (Å²) in [6.07, 6.45) is 1.33. The lowest BCUT2D eigenvalue weighted by atomic mass is 9.90. The molecule has 0 aliphatic heterocycles. The molecule has 0 bridgehead atoms. The highest BCUT2D eigenvalue weighted by atomic mass is 19.1. The molecule has 2 aromatic carbocycles. The van der Waals surface area contributed by atoms with Crippen molar-refractivity contribution in [2.45, 2.75) is 12.5 Å². The standard InChI is InChI=1S/C17H15FN2O2/c1-17(21,11-6-8-12(22-2)9-7-11)16-15-13(18)4-3-5-14(15)19-10-20-16/h3-10,21H,1-2H3. The minimum Gasteiger partial charge on any atom is -0.497 e. The SMILES string of the molecule is COc1ccc(C(C)(O)c2ncnc3cccc(F)c23)cc1. The average Bonchev–Trinajstić information content (AvgIpc) is 2.54. The third-order valence-corrected chi connectivity index (χ3v) is 3.73. The van der Waals surface area contributed by atoms with Crippen molar-refractivity contribution in [3.63, 3.8) is 0 Å². The zero-order valence-electron chi connectivity index (χ0n) is 12.2. The molecule has 1 aromatic heterocycles. The molecule has 3 aromatic rings. The van der Waals surface area contributed by atoms with Crippen LogP contribution in [0.2, 0.25) is 0 Å². The Hall–Kier alpha value is -2.53. The third kappa shape index (κ3) is 2.29. The van der Waals surface area contributed by atoms with Crippen molar-refractivity contribution < 1.29 is 14.2 Å². The number of ether oxygens (including phenoxy) is 1. The number of aromatic nitrogens is 2. The maximum atomic E-state index is 14.2. The van der Waals surface area contributed by atoms with Crippen molar-refractivity contribution in [1.29, 1.82) is 0 Å². The van der Waals surface area contributed by atoms with Gasteiger partial charge in [0.25, 0.3) is 0 Å². The molecule has 0 saturated carbocycles. The van der Waals surface area contributed by atoms with Gasteiger partial charge in [0.1, 0.15) is 23.5 Å².